The zero-order valence-electron chi connectivity index (χ0n) is 16.1. The Bertz CT molecular complexity index is 997. The van der Waals surface area contributed by atoms with Crippen LogP contribution in [0.25, 0.3) is 21.3 Å². The molecule has 1 nitrogen and oxygen atoms in total. The van der Waals surface area contributed by atoms with Gasteiger partial charge in [-0.2, -0.15) is 0 Å². The van der Waals surface area contributed by atoms with Gasteiger partial charge in [0.05, 0.1) is 0 Å². The summed E-state index contributed by atoms with van der Waals surface area (Å²) in [6, 6.07) is 9.12. The van der Waals surface area contributed by atoms with E-state index in [1.165, 1.54) is 71.1 Å². The molecule has 2 aliphatic rings. The minimum absolute atomic E-state index is 0.588. The molecule has 2 heteroatoms. The van der Waals surface area contributed by atoms with Gasteiger partial charge in [0.25, 0.3) is 0 Å². The number of benzene rings is 1. The Morgan fingerprint density at radius 2 is 1.96 bits per heavy atom. The van der Waals surface area contributed by atoms with E-state index in [1.54, 1.807) is 16.0 Å². The highest BCUT2D eigenvalue weighted by Crippen LogP contribution is 2.46. The van der Waals surface area contributed by atoms with E-state index >= 15 is 0 Å². The maximum absolute atomic E-state index is 5.25. The molecule has 0 N–H and O–H groups in total. The molecule has 5 rings (SSSR count). The van der Waals surface area contributed by atoms with Crippen LogP contribution in [0.4, 0.5) is 0 Å². The number of aryl methyl sites for hydroxylation is 2. The third-order valence-electron chi connectivity index (χ3n) is 6.41. The maximum Gasteiger partial charge on any atom is 0.124 e. The van der Waals surface area contributed by atoms with E-state index in [-0.39, 0.29) is 0 Å². The molecule has 0 amide bonds. The van der Waals surface area contributed by atoms with Crippen LogP contribution in [-0.4, -0.2) is 4.98 Å². The number of aromatic nitrogens is 1. The highest BCUT2D eigenvalue weighted by Gasteiger charge is 2.29. The number of fused-ring (bicyclic) bond motifs is 4. The van der Waals surface area contributed by atoms with Gasteiger partial charge in [-0.25, -0.2) is 4.98 Å². The largest absolute Gasteiger partial charge is 0.241 e. The lowest BCUT2D eigenvalue weighted by molar-refractivity contribution is 0.509. The molecule has 0 spiro atoms. The van der Waals surface area contributed by atoms with Crippen molar-refractivity contribution in [2.45, 2.75) is 65.2 Å². The van der Waals surface area contributed by atoms with Gasteiger partial charge in [0.2, 0.25) is 0 Å². The van der Waals surface area contributed by atoms with Crippen LogP contribution in [0.15, 0.2) is 24.3 Å². The highest BCUT2D eigenvalue weighted by atomic mass is 32.1. The number of rotatable bonds is 1. The van der Waals surface area contributed by atoms with E-state index in [2.05, 4.69) is 45.0 Å². The van der Waals surface area contributed by atoms with E-state index in [1.807, 2.05) is 11.3 Å². The van der Waals surface area contributed by atoms with Gasteiger partial charge in [-0.15, -0.1) is 11.3 Å². The lowest BCUT2D eigenvalue weighted by Crippen LogP contribution is -2.12. The summed E-state index contributed by atoms with van der Waals surface area (Å²) in [5.74, 6) is 1.40. The van der Waals surface area contributed by atoms with Gasteiger partial charge in [-0.1, -0.05) is 43.7 Å². The summed E-state index contributed by atoms with van der Waals surface area (Å²) in [6.45, 7) is 6.98. The molecule has 0 bridgehead atoms. The van der Waals surface area contributed by atoms with Crippen LogP contribution in [0, 0.1) is 12.8 Å². The first-order chi connectivity index (χ1) is 12.6. The normalized spacial score (nSPS) is 22.3. The quantitative estimate of drug-likeness (QED) is 0.462. The average Bonchev–Trinajstić information content (AvgIpc) is 2.97. The second-order valence-electron chi connectivity index (χ2n) is 8.55. The lowest BCUT2D eigenvalue weighted by atomic mass is 9.80. The standard InChI is InChI=1S/C24H27NS/c1-14-6-4-8-17(12-14)21-19-9-5-7-16(3)23(19)25-24-22(21)18-11-10-15(2)13-20(18)26-24/h4,6,8,12,15-16H,5,7,9-11,13H2,1-3H3. The van der Waals surface area contributed by atoms with E-state index in [9.17, 15) is 0 Å². The third kappa shape index (κ3) is 2.53. The molecule has 1 aromatic carbocycles. The first-order valence-corrected chi connectivity index (χ1v) is 11.0. The Balaban J connectivity index is 1.87. The van der Waals surface area contributed by atoms with Crippen LogP contribution in [0.2, 0.25) is 0 Å². The molecule has 0 fully saturated rings. The molecule has 2 atom stereocenters. The number of hydrogen-bond donors (Lipinski definition) is 0. The smallest absolute Gasteiger partial charge is 0.124 e. The summed E-state index contributed by atoms with van der Waals surface area (Å²) < 4.78 is 0. The van der Waals surface area contributed by atoms with Gasteiger partial charge in [-0.05, 0) is 79.5 Å². The molecule has 0 aliphatic heterocycles. The van der Waals surface area contributed by atoms with Gasteiger partial charge in [0, 0.05) is 16.0 Å². The van der Waals surface area contributed by atoms with Crippen LogP contribution in [0.1, 0.15) is 66.3 Å². The third-order valence-corrected chi connectivity index (χ3v) is 7.56. The summed E-state index contributed by atoms with van der Waals surface area (Å²) in [5.41, 5.74) is 8.82. The molecule has 2 aliphatic carbocycles. The summed E-state index contributed by atoms with van der Waals surface area (Å²) in [7, 11) is 0. The van der Waals surface area contributed by atoms with E-state index < -0.39 is 0 Å². The fourth-order valence-electron chi connectivity index (χ4n) is 5.03. The Hall–Kier alpha value is -1.67. The molecule has 0 saturated carbocycles. The van der Waals surface area contributed by atoms with Crippen molar-refractivity contribution < 1.29 is 0 Å². The number of nitrogens with zero attached hydrogens (tertiary/aromatic N) is 1. The summed E-state index contributed by atoms with van der Waals surface area (Å²) in [6.07, 6.45) is 7.55. The van der Waals surface area contributed by atoms with Crippen LogP contribution in [0.5, 0.6) is 0 Å². The summed E-state index contributed by atoms with van der Waals surface area (Å²) in [4.78, 5) is 8.16. The predicted molar refractivity (Wildman–Crippen MR) is 112 cm³/mol. The molecular formula is C24H27NS. The molecule has 0 radical (unpaired) electrons. The first-order valence-electron chi connectivity index (χ1n) is 10.2. The van der Waals surface area contributed by atoms with Crippen molar-refractivity contribution in [1.29, 1.82) is 0 Å². The zero-order valence-corrected chi connectivity index (χ0v) is 16.9. The van der Waals surface area contributed by atoms with E-state index in [0.717, 1.165) is 5.92 Å². The van der Waals surface area contributed by atoms with Crippen LogP contribution < -0.4 is 0 Å². The average molecular weight is 362 g/mol. The molecular weight excluding hydrogens is 334 g/mol. The molecule has 26 heavy (non-hydrogen) atoms. The van der Waals surface area contributed by atoms with Crippen molar-refractivity contribution in [2.24, 2.45) is 5.92 Å². The predicted octanol–water partition coefficient (Wildman–Crippen LogP) is 6.84. The first kappa shape index (κ1) is 16.5. The summed E-state index contributed by atoms with van der Waals surface area (Å²) in [5, 5.41) is 1.50. The van der Waals surface area contributed by atoms with Crippen molar-refractivity contribution in [1.82, 2.24) is 4.98 Å². The van der Waals surface area contributed by atoms with Crippen molar-refractivity contribution in [2.75, 3.05) is 0 Å². The van der Waals surface area contributed by atoms with Crippen molar-refractivity contribution in [3.63, 3.8) is 0 Å². The van der Waals surface area contributed by atoms with Gasteiger partial charge >= 0.3 is 0 Å². The van der Waals surface area contributed by atoms with Gasteiger partial charge < -0.3 is 0 Å². The number of hydrogen-bond acceptors (Lipinski definition) is 2. The van der Waals surface area contributed by atoms with Gasteiger partial charge in [0.1, 0.15) is 4.83 Å². The zero-order chi connectivity index (χ0) is 17.8. The van der Waals surface area contributed by atoms with Crippen molar-refractivity contribution >= 4 is 21.6 Å². The lowest BCUT2D eigenvalue weighted by Gasteiger charge is -2.25. The molecule has 3 aromatic rings. The summed E-state index contributed by atoms with van der Waals surface area (Å²) >= 11 is 1.98. The Kier molecular flexibility index (Phi) is 3.93. The van der Waals surface area contributed by atoms with Crippen molar-refractivity contribution in [3.05, 3.63) is 51.5 Å². The highest BCUT2D eigenvalue weighted by molar-refractivity contribution is 7.19. The number of thiophene rings is 1. The van der Waals surface area contributed by atoms with Crippen LogP contribution in [0.3, 0.4) is 0 Å². The van der Waals surface area contributed by atoms with Gasteiger partial charge in [-0.3, -0.25) is 0 Å². The van der Waals surface area contributed by atoms with Crippen molar-refractivity contribution in [3.8, 4) is 11.1 Å². The second kappa shape index (κ2) is 6.20. The topological polar surface area (TPSA) is 12.9 Å². The number of pyridine rings is 1. The minimum Gasteiger partial charge on any atom is -0.241 e. The SMILES string of the molecule is Cc1cccc(-c2c3c(nc4sc5c(c24)CCC(C)C5)C(C)CCC3)c1. The van der Waals surface area contributed by atoms with Crippen LogP contribution in [-0.2, 0) is 19.3 Å². The van der Waals surface area contributed by atoms with Gasteiger partial charge in [0.15, 0.2) is 0 Å². The molecule has 2 heterocycles. The fourth-order valence-corrected chi connectivity index (χ4v) is 6.43. The molecule has 134 valence electrons. The Labute approximate surface area is 160 Å². The van der Waals surface area contributed by atoms with E-state index in [0.29, 0.717) is 5.92 Å². The molecule has 2 unspecified atom stereocenters. The monoisotopic (exact) mass is 361 g/mol. The van der Waals surface area contributed by atoms with Crippen LogP contribution >= 0.6 is 11.3 Å². The van der Waals surface area contributed by atoms with E-state index in [4.69, 9.17) is 4.98 Å². The minimum atomic E-state index is 0.588. The Morgan fingerprint density at radius 3 is 2.81 bits per heavy atom. The molecule has 2 aromatic heterocycles. The second-order valence-corrected chi connectivity index (χ2v) is 9.63. The maximum atomic E-state index is 5.25. The Morgan fingerprint density at radius 1 is 1.08 bits per heavy atom. The molecule has 0 saturated heterocycles. The fraction of sp³-hybridized carbons (Fsp3) is 0.458.